The Bertz CT molecular complexity index is 1470. The van der Waals surface area contributed by atoms with E-state index in [1.54, 1.807) is 38.1 Å². The van der Waals surface area contributed by atoms with Crippen LogP contribution in [-0.2, 0) is 0 Å². The molecule has 0 saturated carbocycles. The molecule has 150 valence electrons. The van der Waals surface area contributed by atoms with Crippen LogP contribution in [0.1, 0.15) is 44.4 Å². The minimum atomic E-state index is -0.184. The Morgan fingerprint density at radius 3 is 1.66 bits per heavy atom. The van der Waals surface area contributed by atoms with Crippen LogP contribution < -0.4 is 0 Å². The number of hydrogen-bond donors (Lipinski definition) is 0. The monoisotopic (exact) mass is 416 g/mol. The predicted octanol–water partition coefficient (Wildman–Crippen LogP) is 5.59. The first kappa shape index (κ1) is 18.6. The molecule has 0 unspecified atom stereocenters. The number of para-hydroxylation sites is 1. The standard InChI is InChI=1S/2C9H6N2.C8H4N2/c1-7-4-3-5-8(6-10)9(7)11-2;1-7-4-8(5-10)2-3-9(7)6-11;9-5-7-1-2-8(6-10)4-3-7/h3-5H,1H3;2-4H,1H3;1-4H/i5D;3D;1D,2D. The van der Waals surface area contributed by atoms with Gasteiger partial charge in [0.25, 0.3) is 0 Å². The van der Waals surface area contributed by atoms with Crippen LogP contribution in [0.3, 0.4) is 0 Å². The molecule has 0 amide bonds. The van der Waals surface area contributed by atoms with Crippen molar-refractivity contribution in [3.63, 3.8) is 0 Å². The van der Waals surface area contributed by atoms with Crippen LogP contribution >= 0.6 is 0 Å². The van der Waals surface area contributed by atoms with Crippen molar-refractivity contribution in [2.45, 2.75) is 13.8 Å². The lowest BCUT2D eigenvalue weighted by Crippen LogP contribution is -1.82. The fourth-order valence-electron chi connectivity index (χ4n) is 2.13. The SMILES string of the molecule is [2H]c1c(C#N)ccc(C#N)c1[2H].[2H]c1cc(C#N)cc(C)c1C#N.[2H]c1ccc(C)c([N+]#[C-])c1C#N. The highest BCUT2D eigenvalue weighted by Gasteiger charge is 2.02. The fraction of sp³-hybridized carbons (Fsp3) is 0.0769. The maximum absolute atomic E-state index is 8.64. The van der Waals surface area contributed by atoms with Gasteiger partial charge in [-0.2, -0.15) is 26.3 Å². The second kappa shape index (κ2) is 12.9. The molecule has 0 aliphatic heterocycles. The largest absolute Gasteiger partial charge is 0.236 e. The lowest BCUT2D eigenvalue weighted by atomic mass is 10.1. The molecule has 0 N–H and O–H groups in total. The van der Waals surface area contributed by atoms with E-state index in [1.807, 2.05) is 18.2 Å². The highest BCUT2D eigenvalue weighted by Crippen LogP contribution is 2.22. The highest BCUT2D eigenvalue weighted by molar-refractivity contribution is 5.62. The summed E-state index contributed by atoms with van der Waals surface area (Å²) in [5.74, 6) is 0. The molecule has 0 aromatic heterocycles. The molecule has 0 atom stereocenters. The molecule has 0 bridgehead atoms. The summed E-state index contributed by atoms with van der Waals surface area (Å²) in [6.07, 6.45) is 0. The lowest BCUT2D eigenvalue weighted by molar-refractivity contribution is 1.37. The van der Waals surface area contributed by atoms with E-state index in [0.717, 1.165) is 5.56 Å². The molecule has 0 aliphatic carbocycles. The van der Waals surface area contributed by atoms with Crippen molar-refractivity contribution >= 4 is 5.69 Å². The Kier molecular flexibility index (Phi) is 7.53. The van der Waals surface area contributed by atoms with Crippen LogP contribution in [0.15, 0.2) is 60.6 Å². The number of nitrogens with zero attached hydrogens (tertiary/aromatic N) is 6. The predicted molar refractivity (Wildman–Crippen MR) is 119 cm³/mol. The van der Waals surface area contributed by atoms with Crippen molar-refractivity contribution in [3.05, 3.63) is 111 Å². The number of nitriles is 5. The van der Waals surface area contributed by atoms with Crippen molar-refractivity contribution in [1.29, 1.82) is 26.3 Å². The third-order valence-electron chi connectivity index (χ3n) is 3.76. The molecule has 0 heterocycles. The van der Waals surface area contributed by atoms with Crippen LogP contribution in [0.25, 0.3) is 4.85 Å². The first-order chi connectivity index (χ1) is 17.1. The van der Waals surface area contributed by atoms with Crippen LogP contribution in [0.5, 0.6) is 0 Å². The molecule has 0 fully saturated rings. The minimum Gasteiger partial charge on any atom is -0.236 e. The Morgan fingerprint density at radius 2 is 1.25 bits per heavy atom. The summed E-state index contributed by atoms with van der Waals surface area (Å²) in [6.45, 7) is 10.3. The first-order valence-corrected chi connectivity index (χ1v) is 8.79. The summed E-state index contributed by atoms with van der Waals surface area (Å²) >= 11 is 0. The maximum Gasteiger partial charge on any atom is 0.207 e. The van der Waals surface area contributed by atoms with E-state index in [1.165, 1.54) is 24.3 Å². The van der Waals surface area contributed by atoms with Crippen molar-refractivity contribution in [1.82, 2.24) is 0 Å². The fourth-order valence-corrected chi connectivity index (χ4v) is 2.13. The van der Waals surface area contributed by atoms with Gasteiger partial charge in [-0.1, -0.05) is 18.2 Å². The zero-order valence-corrected chi connectivity index (χ0v) is 17.1. The molecule has 0 aliphatic rings. The van der Waals surface area contributed by atoms with E-state index in [2.05, 4.69) is 4.85 Å². The summed E-state index contributed by atoms with van der Waals surface area (Å²) in [7, 11) is 0. The van der Waals surface area contributed by atoms with Gasteiger partial charge in [-0.25, -0.2) is 4.85 Å². The lowest BCUT2D eigenvalue weighted by Gasteiger charge is -1.96. The van der Waals surface area contributed by atoms with Gasteiger partial charge in [0, 0.05) is 0 Å². The molecule has 6 nitrogen and oxygen atoms in total. The topological polar surface area (TPSA) is 123 Å². The van der Waals surface area contributed by atoms with Gasteiger partial charge in [-0.05, 0) is 67.4 Å². The van der Waals surface area contributed by atoms with Gasteiger partial charge in [-0.15, -0.1) is 0 Å². The zero-order valence-electron chi connectivity index (χ0n) is 21.1. The summed E-state index contributed by atoms with van der Waals surface area (Å²) in [5.41, 5.74) is 2.91. The average Bonchev–Trinajstić information content (AvgIpc) is 2.87. The molecule has 3 aromatic carbocycles. The molecule has 0 saturated heterocycles. The van der Waals surface area contributed by atoms with Crippen LogP contribution in [0, 0.1) is 77.1 Å². The Hall–Kier alpha value is -5.40. The van der Waals surface area contributed by atoms with Gasteiger partial charge in [0.05, 0.1) is 70.2 Å². The number of rotatable bonds is 0. The molecule has 3 rings (SSSR count). The maximum atomic E-state index is 8.64. The third-order valence-corrected chi connectivity index (χ3v) is 3.76. The van der Waals surface area contributed by atoms with Gasteiger partial charge < -0.3 is 0 Å². The second-order valence-electron chi connectivity index (χ2n) is 5.91. The van der Waals surface area contributed by atoms with E-state index >= 15 is 0 Å². The van der Waals surface area contributed by atoms with Crippen LogP contribution in [0.2, 0.25) is 0 Å². The summed E-state index contributed by atoms with van der Waals surface area (Å²) in [6, 6.07) is 18.1. The van der Waals surface area contributed by atoms with Crippen LogP contribution in [0.4, 0.5) is 5.69 Å². The van der Waals surface area contributed by atoms with E-state index < -0.39 is 0 Å². The number of benzene rings is 3. The molecule has 0 radical (unpaired) electrons. The molecule has 32 heavy (non-hydrogen) atoms. The first-order valence-electron chi connectivity index (χ1n) is 10.8. The minimum absolute atomic E-state index is 0.119. The summed E-state index contributed by atoms with van der Waals surface area (Å²) in [4.78, 5) is 3.21. The quantitative estimate of drug-likeness (QED) is 0.442. The smallest absolute Gasteiger partial charge is 0.207 e. The molecule has 0 spiro atoms. The highest BCUT2D eigenvalue weighted by atomic mass is 14.7. The number of aryl methyl sites for hydroxylation is 2. The third kappa shape index (κ3) is 7.21. The van der Waals surface area contributed by atoms with E-state index in [9.17, 15) is 0 Å². The van der Waals surface area contributed by atoms with Crippen molar-refractivity contribution in [2.75, 3.05) is 0 Å². The van der Waals surface area contributed by atoms with Crippen molar-refractivity contribution in [3.8, 4) is 30.3 Å². The normalized spacial score (nSPS) is 9.88. The van der Waals surface area contributed by atoms with E-state index in [4.69, 9.17) is 38.4 Å². The molecule has 3 aromatic rings. The zero-order chi connectivity index (χ0) is 27.4. The van der Waals surface area contributed by atoms with Gasteiger partial charge >= 0.3 is 0 Å². The van der Waals surface area contributed by atoms with Crippen molar-refractivity contribution < 1.29 is 5.48 Å². The molecular weight excluding hydrogens is 396 g/mol. The van der Waals surface area contributed by atoms with Gasteiger partial charge in [0.1, 0.15) is 0 Å². The van der Waals surface area contributed by atoms with Gasteiger partial charge in [0.2, 0.25) is 5.69 Å². The van der Waals surface area contributed by atoms with Crippen LogP contribution in [-0.4, -0.2) is 0 Å². The average molecular weight is 416 g/mol. The van der Waals surface area contributed by atoms with E-state index in [-0.39, 0.29) is 40.9 Å². The van der Waals surface area contributed by atoms with Gasteiger partial charge in [0.15, 0.2) is 0 Å². The summed E-state index contributed by atoms with van der Waals surface area (Å²) < 4.78 is 29.3. The second-order valence-corrected chi connectivity index (χ2v) is 5.91. The summed E-state index contributed by atoms with van der Waals surface area (Å²) in [5, 5.41) is 42.7. The molecular formula is C26H16N6. The van der Waals surface area contributed by atoms with Gasteiger partial charge in [-0.3, -0.25) is 0 Å². The van der Waals surface area contributed by atoms with Crippen molar-refractivity contribution in [2.24, 2.45) is 0 Å². The molecule has 6 heteroatoms. The number of hydrogen-bond acceptors (Lipinski definition) is 5. The Labute approximate surface area is 193 Å². The Balaban J connectivity index is 0.000000270. The van der Waals surface area contributed by atoms with E-state index in [0.29, 0.717) is 22.4 Å². The Morgan fingerprint density at radius 1 is 0.688 bits per heavy atom.